The standard InChI is InChI=1S/C10H11N3O8S2/c1-20-7(14)4-12-5-2-11-3-6(8(5)22-10(12)16)13(9(11)15)21-23(17,18)19/h6H,2-4H2,1H3,(H,17,18,19). The first-order valence-electron chi connectivity index (χ1n) is 6.25. The van der Waals surface area contributed by atoms with Gasteiger partial charge in [0.05, 0.1) is 30.8 Å². The molecule has 1 fully saturated rings. The first-order valence-corrected chi connectivity index (χ1v) is 8.44. The number of hydroxylamine groups is 2. The molecule has 0 spiro atoms. The van der Waals surface area contributed by atoms with Crippen LogP contribution in [0.15, 0.2) is 4.79 Å². The van der Waals surface area contributed by atoms with E-state index in [4.69, 9.17) is 4.55 Å². The Hall–Kier alpha value is -1.96. The third-order valence-corrected chi connectivity index (χ3v) is 4.97. The molecule has 1 aromatic rings. The summed E-state index contributed by atoms with van der Waals surface area (Å²) in [6.45, 7) is -0.180. The molecule has 0 aromatic carbocycles. The van der Waals surface area contributed by atoms with Crippen molar-refractivity contribution in [1.82, 2.24) is 14.5 Å². The summed E-state index contributed by atoms with van der Waals surface area (Å²) in [6.07, 6.45) is 0. The maximum atomic E-state index is 12.1. The van der Waals surface area contributed by atoms with E-state index in [0.29, 0.717) is 15.6 Å². The summed E-state index contributed by atoms with van der Waals surface area (Å²) < 4.78 is 40.6. The van der Waals surface area contributed by atoms with Gasteiger partial charge in [0.2, 0.25) is 0 Å². The van der Waals surface area contributed by atoms with Crippen molar-refractivity contribution in [2.24, 2.45) is 0 Å². The van der Waals surface area contributed by atoms with E-state index in [1.807, 2.05) is 0 Å². The number of ether oxygens (including phenoxy) is 1. The Morgan fingerprint density at radius 2 is 2.13 bits per heavy atom. The zero-order valence-corrected chi connectivity index (χ0v) is 13.3. The van der Waals surface area contributed by atoms with E-state index in [1.165, 1.54) is 16.6 Å². The molecule has 1 aromatic heterocycles. The third kappa shape index (κ3) is 2.71. The number of hydrogen-bond acceptors (Lipinski definition) is 8. The fourth-order valence-corrected chi connectivity index (χ4v) is 3.99. The molecule has 11 nitrogen and oxygen atoms in total. The summed E-state index contributed by atoms with van der Waals surface area (Å²) in [7, 11) is -3.70. The molecule has 2 aliphatic rings. The topological polar surface area (TPSA) is 135 Å². The third-order valence-electron chi connectivity index (χ3n) is 3.50. The Bertz CT molecular complexity index is 841. The Balaban J connectivity index is 2.01. The number of aromatic nitrogens is 1. The summed E-state index contributed by atoms with van der Waals surface area (Å²) in [5.74, 6) is -0.627. The first kappa shape index (κ1) is 15.9. The predicted molar refractivity (Wildman–Crippen MR) is 73.6 cm³/mol. The van der Waals surface area contributed by atoms with Crippen molar-refractivity contribution in [2.45, 2.75) is 19.1 Å². The van der Waals surface area contributed by atoms with Gasteiger partial charge in [0.15, 0.2) is 0 Å². The molecule has 2 aliphatic heterocycles. The van der Waals surface area contributed by atoms with E-state index in [-0.39, 0.29) is 19.6 Å². The van der Waals surface area contributed by atoms with Crippen molar-refractivity contribution in [2.75, 3.05) is 13.7 Å². The van der Waals surface area contributed by atoms with Gasteiger partial charge in [-0.3, -0.25) is 18.7 Å². The van der Waals surface area contributed by atoms with Crippen molar-refractivity contribution >= 4 is 33.7 Å². The van der Waals surface area contributed by atoms with Gasteiger partial charge in [-0.25, -0.2) is 4.79 Å². The van der Waals surface area contributed by atoms with Crippen molar-refractivity contribution in [3.63, 3.8) is 0 Å². The number of thiazole rings is 1. The van der Waals surface area contributed by atoms with Crippen LogP contribution in [0.1, 0.15) is 16.6 Å². The van der Waals surface area contributed by atoms with Crippen LogP contribution in [0, 0.1) is 0 Å². The van der Waals surface area contributed by atoms with E-state index in [0.717, 1.165) is 11.3 Å². The Morgan fingerprint density at radius 1 is 1.43 bits per heavy atom. The Morgan fingerprint density at radius 3 is 2.74 bits per heavy atom. The number of nitrogens with zero attached hydrogens (tertiary/aromatic N) is 3. The van der Waals surface area contributed by atoms with Gasteiger partial charge in [-0.1, -0.05) is 11.3 Å². The Kier molecular flexibility index (Phi) is 3.66. The van der Waals surface area contributed by atoms with Crippen LogP contribution in [0.3, 0.4) is 0 Å². The molecule has 2 amide bonds. The van der Waals surface area contributed by atoms with E-state index in [9.17, 15) is 22.8 Å². The summed E-state index contributed by atoms with van der Waals surface area (Å²) in [5.41, 5.74) is 0.413. The van der Waals surface area contributed by atoms with Crippen LogP contribution in [-0.2, 0) is 37.3 Å². The quantitative estimate of drug-likeness (QED) is 0.536. The van der Waals surface area contributed by atoms with Gasteiger partial charge in [0, 0.05) is 0 Å². The highest BCUT2D eigenvalue weighted by molar-refractivity contribution is 7.80. The number of urea groups is 1. The van der Waals surface area contributed by atoms with Gasteiger partial charge in [-0.2, -0.15) is 13.5 Å². The van der Waals surface area contributed by atoms with Gasteiger partial charge >= 0.3 is 27.3 Å². The summed E-state index contributed by atoms with van der Waals surface area (Å²) in [4.78, 5) is 36.8. The Labute approximate surface area is 133 Å². The SMILES string of the molecule is COC(=O)Cn1c2c(sc1=O)C1CN(C2)C(=O)N1OS(=O)(=O)O. The largest absolute Gasteiger partial charge is 0.468 e. The first-order chi connectivity index (χ1) is 10.7. The van der Waals surface area contributed by atoms with Crippen LogP contribution >= 0.6 is 11.3 Å². The smallest absolute Gasteiger partial charge is 0.418 e. The molecule has 13 heteroatoms. The zero-order valence-electron chi connectivity index (χ0n) is 11.7. The van der Waals surface area contributed by atoms with Gasteiger partial charge in [0.1, 0.15) is 12.6 Å². The monoisotopic (exact) mass is 365 g/mol. The fourth-order valence-electron chi connectivity index (χ4n) is 2.55. The molecule has 3 rings (SSSR count). The predicted octanol–water partition coefficient (Wildman–Crippen LogP) is -0.890. The molecule has 23 heavy (non-hydrogen) atoms. The molecule has 126 valence electrons. The van der Waals surface area contributed by atoms with E-state index in [2.05, 4.69) is 9.02 Å². The minimum atomic E-state index is -4.88. The van der Waals surface area contributed by atoms with Crippen molar-refractivity contribution in [3.05, 3.63) is 20.2 Å². The molecule has 1 atom stereocenters. The van der Waals surface area contributed by atoms with Gasteiger partial charge in [-0.15, -0.1) is 4.28 Å². The number of hydrogen-bond donors (Lipinski definition) is 1. The molecule has 3 heterocycles. The van der Waals surface area contributed by atoms with Gasteiger partial charge in [-0.05, 0) is 0 Å². The number of fused-ring (bicyclic) bond motifs is 4. The molecule has 1 N–H and O–H groups in total. The summed E-state index contributed by atoms with van der Waals surface area (Å²) >= 11 is 0.783. The molecule has 0 radical (unpaired) electrons. The maximum Gasteiger partial charge on any atom is 0.418 e. The van der Waals surface area contributed by atoms with Crippen LogP contribution in [-0.4, -0.2) is 53.2 Å². The van der Waals surface area contributed by atoms with Crippen LogP contribution < -0.4 is 4.87 Å². The van der Waals surface area contributed by atoms with Crippen LogP contribution in [0.4, 0.5) is 4.79 Å². The maximum absolute atomic E-state index is 12.1. The number of esters is 1. The zero-order chi connectivity index (χ0) is 16.9. The molecule has 0 saturated carbocycles. The van der Waals surface area contributed by atoms with Crippen molar-refractivity contribution < 1.29 is 31.6 Å². The molecular formula is C10H11N3O8S2. The van der Waals surface area contributed by atoms with Crippen LogP contribution in [0.2, 0.25) is 0 Å². The average molecular weight is 365 g/mol. The molecule has 1 unspecified atom stereocenters. The number of carbonyl (C=O) groups excluding carboxylic acids is 2. The number of rotatable bonds is 4. The van der Waals surface area contributed by atoms with Crippen molar-refractivity contribution in [1.29, 1.82) is 0 Å². The minimum Gasteiger partial charge on any atom is -0.468 e. The van der Waals surface area contributed by atoms with E-state index in [1.54, 1.807) is 0 Å². The lowest BCUT2D eigenvalue weighted by Crippen LogP contribution is -2.33. The van der Waals surface area contributed by atoms with Crippen molar-refractivity contribution in [3.8, 4) is 0 Å². The van der Waals surface area contributed by atoms with Crippen LogP contribution in [0.5, 0.6) is 0 Å². The number of amides is 2. The lowest BCUT2D eigenvalue weighted by atomic mass is 10.1. The lowest BCUT2D eigenvalue weighted by molar-refractivity contribution is -0.141. The average Bonchev–Trinajstić information content (AvgIpc) is 2.90. The summed E-state index contributed by atoms with van der Waals surface area (Å²) in [5, 5.41) is 0.513. The van der Waals surface area contributed by atoms with Crippen LogP contribution in [0.25, 0.3) is 0 Å². The molecule has 0 aliphatic carbocycles. The fraction of sp³-hybridized carbons (Fsp3) is 0.500. The summed E-state index contributed by atoms with van der Waals surface area (Å²) in [6, 6.07) is -1.61. The second kappa shape index (κ2) is 5.30. The van der Waals surface area contributed by atoms with Gasteiger partial charge in [0.25, 0.3) is 0 Å². The van der Waals surface area contributed by atoms with E-state index >= 15 is 0 Å². The molecular weight excluding hydrogens is 354 g/mol. The second-order valence-corrected chi connectivity index (χ2v) is 6.85. The van der Waals surface area contributed by atoms with E-state index < -0.39 is 33.3 Å². The highest BCUT2D eigenvalue weighted by Gasteiger charge is 2.48. The lowest BCUT2D eigenvalue weighted by Gasteiger charge is -2.22. The number of carbonyl (C=O) groups is 2. The second-order valence-electron chi connectivity index (χ2n) is 4.85. The minimum absolute atomic E-state index is 0.0196. The highest BCUT2D eigenvalue weighted by Crippen LogP contribution is 2.39. The number of methoxy groups -OCH3 is 1. The molecule has 1 saturated heterocycles. The highest BCUT2D eigenvalue weighted by atomic mass is 32.3. The normalized spacial score (nSPS) is 19.9. The van der Waals surface area contributed by atoms with Gasteiger partial charge < -0.3 is 9.64 Å². The molecule has 2 bridgehead atoms.